The Morgan fingerprint density at radius 3 is 1.15 bits per heavy atom. The SMILES string of the molecule is CC(C)c1cc(CC[Si](C)(C)C)c(C(C)C)cc1O.CCCc1cc(CC[Si](C)(C)C)c(CCC)cc1O.CCCc1cc(CC[Si](C)(C)c2ccccc2)c(CCC)cc1O. The van der Waals surface area contributed by atoms with Crippen molar-refractivity contribution in [3.8, 4) is 17.2 Å². The van der Waals surface area contributed by atoms with Gasteiger partial charge in [-0.15, -0.1) is 0 Å². The van der Waals surface area contributed by atoms with Gasteiger partial charge in [0.2, 0.25) is 0 Å². The molecule has 4 aromatic carbocycles. The van der Waals surface area contributed by atoms with Gasteiger partial charge in [-0.05, 0) is 131 Å². The highest BCUT2D eigenvalue weighted by atomic mass is 28.3. The molecule has 0 aliphatic heterocycles. The minimum atomic E-state index is -1.42. The van der Waals surface area contributed by atoms with Crippen molar-refractivity contribution in [2.45, 2.75) is 208 Å². The predicted octanol–water partition coefficient (Wildman–Crippen LogP) is 16.2. The summed E-state index contributed by atoms with van der Waals surface area (Å²) in [5, 5.41) is 32.1. The average Bonchev–Trinajstić information content (AvgIpc) is 3.18. The monoisotopic (exact) mass is 897 g/mol. The number of hydrogen-bond donors (Lipinski definition) is 3. The van der Waals surface area contributed by atoms with Crippen LogP contribution < -0.4 is 5.19 Å². The predicted molar refractivity (Wildman–Crippen MR) is 284 cm³/mol. The molecular weight excluding hydrogens is 805 g/mol. The van der Waals surface area contributed by atoms with Gasteiger partial charge in [-0.1, -0.05) is 199 Å². The molecule has 0 saturated heterocycles. The minimum Gasteiger partial charge on any atom is -0.508 e. The number of aromatic hydroxyl groups is 3. The summed E-state index contributed by atoms with van der Waals surface area (Å²) in [5.41, 5.74) is 11.7. The Morgan fingerprint density at radius 1 is 0.387 bits per heavy atom. The van der Waals surface area contributed by atoms with E-state index in [1.165, 1.54) is 63.1 Å². The van der Waals surface area contributed by atoms with E-state index < -0.39 is 24.2 Å². The zero-order chi connectivity index (χ0) is 46.8. The Hall–Kier alpha value is -3.07. The molecule has 0 aromatic heterocycles. The van der Waals surface area contributed by atoms with Gasteiger partial charge < -0.3 is 15.3 Å². The summed E-state index contributed by atoms with van der Waals surface area (Å²) in [5.74, 6) is 2.32. The van der Waals surface area contributed by atoms with E-state index in [9.17, 15) is 15.3 Å². The maximum Gasteiger partial charge on any atom is 0.119 e. The van der Waals surface area contributed by atoms with Crippen molar-refractivity contribution in [2.75, 3.05) is 0 Å². The van der Waals surface area contributed by atoms with Crippen molar-refractivity contribution in [2.24, 2.45) is 0 Å². The standard InChI is InChI=1S/C22H32OSi.2C17H30OSi/c1-5-10-18-17-22(23)20(11-6-2)16-19(18)14-15-24(3,4)21-12-8-7-9-13-21;1-12(2)15-11-17(18)16(13(3)4)10-14(15)8-9-19(5,6)7;1-6-8-14-13-17(18)16(9-7-2)12-15(14)10-11-19(3,4)5/h7-9,12-13,16-17,23H,5-6,10-11,14-15H2,1-4H3;10-13,18H,8-9H2,1-7H3;12-13,18H,6-11H2,1-5H3. The molecule has 0 atom stereocenters. The first-order valence-electron chi connectivity index (χ1n) is 24.5. The number of rotatable bonds is 20. The first-order chi connectivity index (χ1) is 29.0. The molecule has 0 amide bonds. The number of benzene rings is 4. The summed E-state index contributed by atoms with van der Waals surface area (Å²) < 4.78 is 0. The van der Waals surface area contributed by atoms with Crippen LogP contribution in [-0.2, 0) is 44.9 Å². The lowest BCUT2D eigenvalue weighted by Gasteiger charge is -2.24. The second kappa shape index (κ2) is 26.0. The van der Waals surface area contributed by atoms with Gasteiger partial charge in [-0.25, -0.2) is 0 Å². The van der Waals surface area contributed by atoms with Crippen LogP contribution in [0.2, 0.25) is 70.5 Å². The first-order valence-corrected chi connectivity index (χ1v) is 35.2. The summed E-state index contributed by atoms with van der Waals surface area (Å²) in [7, 11) is -3.44. The van der Waals surface area contributed by atoms with Crippen LogP contribution in [0.25, 0.3) is 0 Å². The molecule has 0 spiro atoms. The first kappa shape index (κ1) is 55.1. The third kappa shape index (κ3) is 19.0. The van der Waals surface area contributed by atoms with Crippen LogP contribution >= 0.6 is 0 Å². The number of phenolic OH excluding ortho intramolecular Hbond substituents is 3. The number of aryl methyl sites for hydroxylation is 7. The van der Waals surface area contributed by atoms with Crippen molar-refractivity contribution < 1.29 is 15.3 Å². The third-order valence-electron chi connectivity index (χ3n) is 12.3. The van der Waals surface area contributed by atoms with E-state index in [1.807, 2.05) is 18.2 Å². The lowest BCUT2D eigenvalue weighted by Crippen LogP contribution is -2.41. The Morgan fingerprint density at radius 2 is 0.758 bits per heavy atom. The zero-order valence-electron chi connectivity index (χ0n) is 42.7. The number of phenols is 3. The molecule has 0 heterocycles. The molecule has 346 valence electrons. The van der Waals surface area contributed by atoms with Crippen LogP contribution in [0.4, 0.5) is 0 Å². The Labute approximate surface area is 385 Å². The van der Waals surface area contributed by atoms with Gasteiger partial charge >= 0.3 is 0 Å². The normalized spacial score (nSPS) is 12.0. The van der Waals surface area contributed by atoms with Crippen molar-refractivity contribution in [3.63, 3.8) is 0 Å². The summed E-state index contributed by atoms with van der Waals surface area (Å²) in [6.45, 7) is 37.0. The quantitative estimate of drug-likeness (QED) is 0.0775. The highest BCUT2D eigenvalue weighted by molar-refractivity contribution is 6.89. The van der Waals surface area contributed by atoms with Crippen LogP contribution in [0.1, 0.15) is 143 Å². The smallest absolute Gasteiger partial charge is 0.119 e. The molecule has 6 heteroatoms. The molecule has 0 radical (unpaired) electrons. The molecule has 0 fully saturated rings. The molecule has 3 nitrogen and oxygen atoms in total. The fourth-order valence-corrected chi connectivity index (χ4v) is 12.6. The van der Waals surface area contributed by atoms with Crippen molar-refractivity contribution in [1.29, 1.82) is 0 Å². The van der Waals surface area contributed by atoms with E-state index in [-0.39, 0.29) is 0 Å². The lowest BCUT2D eigenvalue weighted by atomic mass is 9.90. The van der Waals surface area contributed by atoms with E-state index in [0.29, 0.717) is 29.1 Å². The van der Waals surface area contributed by atoms with Crippen LogP contribution in [0.15, 0.2) is 66.7 Å². The lowest BCUT2D eigenvalue weighted by molar-refractivity contribution is 0.463. The molecular formula is C56H92O3Si3. The van der Waals surface area contributed by atoms with Gasteiger partial charge in [0.1, 0.15) is 17.2 Å². The van der Waals surface area contributed by atoms with Gasteiger partial charge in [0.05, 0.1) is 8.07 Å². The van der Waals surface area contributed by atoms with E-state index >= 15 is 0 Å². The second-order valence-electron chi connectivity index (χ2n) is 21.8. The zero-order valence-corrected chi connectivity index (χ0v) is 45.7. The molecule has 0 unspecified atom stereocenters. The Kier molecular flexibility index (Phi) is 23.1. The molecule has 3 N–H and O–H groups in total. The Balaban J connectivity index is 0.000000324. The van der Waals surface area contributed by atoms with Crippen molar-refractivity contribution in [1.82, 2.24) is 0 Å². The van der Waals surface area contributed by atoms with E-state index in [2.05, 4.69) is 156 Å². The molecule has 0 aliphatic carbocycles. The topological polar surface area (TPSA) is 60.7 Å². The largest absolute Gasteiger partial charge is 0.508 e. The van der Waals surface area contributed by atoms with Gasteiger partial charge in [-0.2, -0.15) is 0 Å². The van der Waals surface area contributed by atoms with Gasteiger partial charge in [0.25, 0.3) is 0 Å². The fraction of sp³-hybridized carbons (Fsp3) is 0.571. The maximum absolute atomic E-state index is 10.3. The second-order valence-corrected chi connectivity index (χ2v) is 37.9. The highest BCUT2D eigenvalue weighted by Gasteiger charge is 2.24. The summed E-state index contributed by atoms with van der Waals surface area (Å²) >= 11 is 0. The molecule has 0 bridgehead atoms. The van der Waals surface area contributed by atoms with Crippen LogP contribution in [0.5, 0.6) is 17.2 Å². The molecule has 4 aromatic rings. The van der Waals surface area contributed by atoms with Crippen LogP contribution in [-0.4, -0.2) is 39.5 Å². The highest BCUT2D eigenvalue weighted by Crippen LogP contribution is 2.34. The number of hydrogen-bond acceptors (Lipinski definition) is 3. The summed E-state index contributed by atoms with van der Waals surface area (Å²) in [6.07, 6.45) is 12.0. The fourth-order valence-electron chi connectivity index (χ4n) is 8.25. The maximum atomic E-state index is 10.3. The van der Waals surface area contributed by atoms with Crippen LogP contribution in [0.3, 0.4) is 0 Å². The molecule has 0 saturated carbocycles. The summed E-state index contributed by atoms with van der Waals surface area (Å²) in [6, 6.07) is 27.7. The van der Waals surface area contributed by atoms with Gasteiger partial charge in [-0.3, -0.25) is 0 Å². The van der Waals surface area contributed by atoms with Crippen molar-refractivity contribution in [3.05, 3.63) is 117 Å². The van der Waals surface area contributed by atoms with Gasteiger partial charge in [0, 0.05) is 16.1 Å². The Bertz CT molecular complexity index is 1920. The van der Waals surface area contributed by atoms with Crippen LogP contribution in [0, 0.1) is 0 Å². The molecule has 0 aliphatic rings. The van der Waals surface area contributed by atoms with E-state index in [1.54, 1.807) is 0 Å². The van der Waals surface area contributed by atoms with E-state index in [4.69, 9.17) is 0 Å². The molecule has 4 rings (SSSR count). The van der Waals surface area contributed by atoms with Gasteiger partial charge in [0.15, 0.2) is 0 Å². The average molecular weight is 898 g/mol. The third-order valence-corrected chi connectivity index (χ3v) is 19.2. The van der Waals surface area contributed by atoms with Crippen molar-refractivity contribution >= 4 is 29.4 Å². The molecule has 62 heavy (non-hydrogen) atoms. The minimum absolute atomic E-state index is 0.381. The summed E-state index contributed by atoms with van der Waals surface area (Å²) in [4.78, 5) is 0. The van der Waals surface area contributed by atoms with E-state index in [0.717, 1.165) is 80.9 Å².